The Balaban J connectivity index is 1.78. The van der Waals surface area contributed by atoms with Crippen molar-refractivity contribution in [3.63, 3.8) is 0 Å². The quantitative estimate of drug-likeness (QED) is 0.903. The van der Waals surface area contributed by atoms with Crippen molar-refractivity contribution in [2.75, 3.05) is 11.9 Å². The maximum Gasteiger partial charge on any atom is 0.247 e. The number of benzene rings is 1. The molecule has 1 aliphatic rings. The van der Waals surface area contributed by atoms with Gasteiger partial charge in [-0.15, -0.1) is 10.2 Å². The van der Waals surface area contributed by atoms with Crippen molar-refractivity contribution in [1.29, 1.82) is 0 Å². The second-order valence-corrected chi connectivity index (χ2v) is 5.27. The summed E-state index contributed by atoms with van der Waals surface area (Å²) >= 11 is 0. The van der Waals surface area contributed by atoms with E-state index >= 15 is 0 Å². The van der Waals surface area contributed by atoms with Crippen LogP contribution >= 0.6 is 0 Å². The largest absolute Gasteiger partial charge is 0.423 e. The Bertz CT molecular complexity index is 619. The molecule has 2 aromatic rings. The van der Waals surface area contributed by atoms with Crippen LogP contribution in [-0.2, 0) is 4.79 Å². The van der Waals surface area contributed by atoms with Gasteiger partial charge in [0.2, 0.25) is 18.2 Å². The molecule has 3 rings (SSSR count). The van der Waals surface area contributed by atoms with E-state index in [4.69, 9.17) is 4.42 Å². The summed E-state index contributed by atoms with van der Waals surface area (Å²) < 4.78 is 5.19. The van der Waals surface area contributed by atoms with Gasteiger partial charge >= 0.3 is 0 Å². The maximum absolute atomic E-state index is 12.3. The number of hydrogen-bond acceptors (Lipinski definition) is 5. The molecule has 6 nitrogen and oxygen atoms in total. The summed E-state index contributed by atoms with van der Waals surface area (Å²) in [5.74, 6) is 0.460. The number of nitrogens with one attached hydrogen (secondary N) is 2. The van der Waals surface area contributed by atoms with E-state index in [2.05, 4.69) is 20.8 Å². The Morgan fingerprint density at radius 1 is 1.43 bits per heavy atom. The van der Waals surface area contributed by atoms with Crippen LogP contribution in [0.4, 0.5) is 5.69 Å². The highest BCUT2D eigenvalue weighted by Crippen LogP contribution is 2.24. The lowest BCUT2D eigenvalue weighted by Gasteiger charge is -2.23. The van der Waals surface area contributed by atoms with Gasteiger partial charge in [0.1, 0.15) is 0 Å². The van der Waals surface area contributed by atoms with Crippen molar-refractivity contribution in [3.8, 4) is 11.5 Å². The summed E-state index contributed by atoms with van der Waals surface area (Å²) in [6, 6.07) is 5.59. The summed E-state index contributed by atoms with van der Waals surface area (Å²) in [6.07, 6.45) is 4.40. The lowest BCUT2D eigenvalue weighted by atomic mass is 10.0. The molecule has 1 aromatic carbocycles. The number of nitrogens with zero attached hydrogens (tertiary/aromatic N) is 2. The van der Waals surface area contributed by atoms with Gasteiger partial charge in [0.25, 0.3) is 0 Å². The van der Waals surface area contributed by atoms with E-state index in [1.54, 1.807) is 0 Å². The van der Waals surface area contributed by atoms with Gasteiger partial charge in [-0.3, -0.25) is 4.79 Å². The molecule has 1 amide bonds. The average molecular weight is 286 g/mol. The van der Waals surface area contributed by atoms with Gasteiger partial charge in [-0.2, -0.15) is 0 Å². The fourth-order valence-corrected chi connectivity index (χ4v) is 2.48. The molecular formula is C15H18N4O2. The molecule has 110 valence electrons. The van der Waals surface area contributed by atoms with E-state index in [-0.39, 0.29) is 11.9 Å². The number of hydrogen-bond donors (Lipinski definition) is 2. The minimum atomic E-state index is -0.106. The molecular weight excluding hydrogens is 268 g/mol. The lowest BCUT2D eigenvalue weighted by molar-refractivity contribution is -0.118. The van der Waals surface area contributed by atoms with Crippen LogP contribution in [0, 0.1) is 6.92 Å². The molecule has 1 aromatic heterocycles. The van der Waals surface area contributed by atoms with Crippen LogP contribution in [0.15, 0.2) is 29.0 Å². The highest BCUT2D eigenvalue weighted by Gasteiger charge is 2.21. The van der Waals surface area contributed by atoms with E-state index in [1.807, 2.05) is 25.1 Å². The van der Waals surface area contributed by atoms with Crippen LogP contribution in [0.25, 0.3) is 11.5 Å². The van der Waals surface area contributed by atoms with Crippen molar-refractivity contribution in [1.82, 2.24) is 15.5 Å². The second kappa shape index (κ2) is 6.05. The Hall–Kier alpha value is -2.21. The Labute approximate surface area is 123 Å². The van der Waals surface area contributed by atoms with Crippen LogP contribution in [0.3, 0.4) is 0 Å². The number of anilines is 1. The van der Waals surface area contributed by atoms with E-state index in [1.165, 1.54) is 6.39 Å². The highest BCUT2D eigenvalue weighted by molar-refractivity contribution is 5.96. The molecule has 2 N–H and O–H groups in total. The predicted octanol–water partition coefficient (Wildman–Crippen LogP) is 2.13. The smallest absolute Gasteiger partial charge is 0.247 e. The van der Waals surface area contributed by atoms with E-state index in [9.17, 15) is 4.79 Å². The Kier molecular flexibility index (Phi) is 3.96. The van der Waals surface area contributed by atoms with Gasteiger partial charge in [-0.1, -0.05) is 12.5 Å². The molecule has 1 aliphatic heterocycles. The zero-order valence-corrected chi connectivity index (χ0v) is 11.9. The zero-order valence-electron chi connectivity index (χ0n) is 11.9. The van der Waals surface area contributed by atoms with Gasteiger partial charge in [0, 0.05) is 11.3 Å². The van der Waals surface area contributed by atoms with Gasteiger partial charge in [-0.25, -0.2) is 0 Å². The number of amides is 1. The van der Waals surface area contributed by atoms with Crippen molar-refractivity contribution < 1.29 is 9.21 Å². The first-order valence-corrected chi connectivity index (χ1v) is 7.15. The SMILES string of the molecule is Cc1ccc(-c2nnco2)cc1NC(=O)[C@@H]1CCCCN1. The number of aryl methyl sites for hydroxylation is 1. The molecule has 0 unspecified atom stereocenters. The fraction of sp³-hybridized carbons (Fsp3) is 0.400. The van der Waals surface area contributed by atoms with Crippen molar-refractivity contribution in [2.45, 2.75) is 32.2 Å². The number of aromatic nitrogens is 2. The third-order valence-corrected chi connectivity index (χ3v) is 3.73. The van der Waals surface area contributed by atoms with Gasteiger partial charge in [-0.05, 0) is 44.0 Å². The molecule has 0 saturated carbocycles. The number of piperidine rings is 1. The maximum atomic E-state index is 12.3. The van der Waals surface area contributed by atoms with Crippen LogP contribution in [-0.4, -0.2) is 28.7 Å². The van der Waals surface area contributed by atoms with Crippen LogP contribution in [0.1, 0.15) is 24.8 Å². The first-order valence-electron chi connectivity index (χ1n) is 7.15. The topological polar surface area (TPSA) is 80.1 Å². The predicted molar refractivity (Wildman–Crippen MR) is 78.7 cm³/mol. The molecule has 2 heterocycles. The number of carbonyl (C=O) groups excluding carboxylic acids is 1. The molecule has 1 saturated heterocycles. The molecule has 0 spiro atoms. The summed E-state index contributed by atoms with van der Waals surface area (Å²) in [5.41, 5.74) is 2.58. The minimum Gasteiger partial charge on any atom is -0.423 e. The monoisotopic (exact) mass is 286 g/mol. The van der Waals surface area contributed by atoms with E-state index < -0.39 is 0 Å². The van der Waals surface area contributed by atoms with Gasteiger partial charge < -0.3 is 15.1 Å². The average Bonchev–Trinajstić information content (AvgIpc) is 3.04. The van der Waals surface area contributed by atoms with Crippen molar-refractivity contribution in [2.24, 2.45) is 0 Å². The minimum absolute atomic E-state index is 0.0143. The molecule has 21 heavy (non-hydrogen) atoms. The number of carbonyl (C=O) groups is 1. The molecule has 0 bridgehead atoms. The van der Waals surface area contributed by atoms with Crippen molar-refractivity contribution in [3.05, 3.63) is 30.2 Å². The summed E-state index contributed by atoms with van der Waals surface area (Å²) in [7, 11) is 0. The Morgan fingerprint density at radius 3 is 3.05 bits per heavy atom. The Morgan fingerprint density at radius 2 is 2.33 bits per heavy atom. The molecule has 6 heteroatoms. The lowest BCUT2D eigenvalue weighted by Crippen LogP contribution is -2.43. The summed E-state index contributed by atoms with van der Waals surface area (Å²) in [5, 5.41) is 13.8. The standard InChI is InChI=1S/C15H18N4O2/c1-10-5-6-11(15-19-17-9-21-15)8-13(10)18-14(20)12-4-2-3-7-16-12/h5-6,8-9,12,16H,2-4,7H2,1H3,(H,18,20)/t12-/m0/s1. The third-order valence-electron chi connectivity index (χ3n) is 3.73. The van der Waals surface area contributed by atoms with Crippen LogP contribution in [0.2, 0.25) is 0 Å². The fourth-order valence-electron chi connectivity index (χ4n) is 2.48. The normalized spacial score (nSPS) is 18.4. The first kappa shape index (κ1) is 13.8. The highest BCUT2D eigenvalue weighted by atomic mass is 16.4. The van der Waals surface area contributed by atoms with Crippen LogP contribution in [0.5, 0.6) is 0 Å². The van der Waals surface area contributed by atoms with Gasteiger partial charge in [0.15, 0.2) is 0 Å². The summed E-state index contributed by atoms with van der Waals surface area (Å²) in [6.45, 7) is 2.86. The molecule has 0 aliphatic carbocycles. The zero-order chi connectivity index (χ0) is 14.7. The van der Waals surface area contributed by atoms with Gasteiger partial charge in [0.05, 0.1) is 6.04 Å². The van der Waals surface area contributed by atoms with E-state index in [0.717, 1.165) is 42.6 Å². The molecule has 0 radical (unpaired) electrons. The molecule has 1 atom stereocenters. The second-order valence-electron chi connectivity index (χ2n) is 5.27. The number of rotatable bonds is 3. The molecule has 1 fully saturated rings. The van der Waals surface area contributed by atoms with Crippen LogP contribution < -0.4 is 10.6 Å². The summed E-state index contributed by atoms with van der Waals surface area (Å²) in [4.78, 5) is 12.3. The third kappa shape index (κ3) is 3.11. The van der Waals surface area contributed by atoms with E-state index in [0.29, 0.717) is 5.89 Å². The first-order chi connectivity index (χ1) is 10.2. The van der Waals surface area contributed by atoms with Crippen molar-refractivity contribution >= 4 is 11.6 Å².